The van der Waals surface area contributed by atoms with E-state index in [4.69, 9.17) is 14.7 Å². The number of benzene rings is 2. The van der Waals surface area contributed by atoms with Crippen molar-refractivity contribution in [1.82, 2.24) is 0 Å². The molecule has 0 saturated heterocycles. The summed E-state index contributed by atoms with van der Waals surface area (Å²) < 4.78 is 5.96. The van der Waals surface area contributed by atoms with Gasteiger partial charge in [-0.2, -0.15) is 0 Å². The van der Waals surface area contributed by atoms with Crippen molar-refractivity contribution >= 4 is 12.4 Å². The predicted octanol–water partition coefficient (Wildman–Crippen LogP) is 8.16. The van der Waals surface area contributed by atoms with Crippen molar-refractivity contribution in [3.8, 4) is 17.2 Å². The largest absolute Gasteiger partial charge is 0.507 e. The van der Waals surface area contributed by atoms with E-state index < -0.39 is 0 Å². The van der Waals surface area contributed by atoms with Crippen LogP contribution in [0.25, 0.3) is 0 Å². The summed E-state index contributed by atoms with van der Waals surface area (Å²) in [6, 6.07) is 11.0. The third-order valence-electron chi connectivity index (χ3n) is 7.20. The van der Waals surface area contributed by atoms with Gasteiger partial charge in [-0.05, 0) is 56.5 Å². The van der Waals surface area contributed by atoms with Crippen molar-refractivity contribution < 1.29 is 36.0 Å². The molecule has 1 aliphatic rings. The number of aryl methyl sites for hydroxylation is 1. The molecule has 0 heterocycles. The monoisotopic (exact) mass is 701 g/mol. The summed E-state index contributed by atoms with van der Waals surface area (Å²) in [5.41, 5.74) is 2.50. The van der Waals surface area contributed by atoms with Crippen LogP contribution in [0, 0.1) is 6.92 Å². The van der Waals surface area contributed by atoms with Crippen LogP contribution in [-0.4, -0.2) is 41.3 Å². The molecule has 0 unspecified atom stereocenters. The van der Waals surface area contributed by atoms with Gasteiger partial charge in [0.25, 0.3) is 0 Å². The number of aliphatic imine (C=N–C) groups is 2. The third-order valence-corrected chi connectivity index (χ3v) is 7.20. The molecule has 5 nitrogen and oxygen atoms in total. The topological polar surface area (TPSA) is 74.4 Å². The van der Waals surface area contributed by atoms with Gasteiger partial charge in [-0.15, -0.1) is 0 Å². The molecule has 1 saturated carbocycles. The molecule has 1 fully saturated rings. The number of rotatable bonds is 15. The van der Waals surface area contributed by atoms with Crippen LogP contribution in [0.4, 0.5) is 0 Å². The summed E-state index contributed by atoms with van der Waals surface area (Å²) in [5.74, 6) is 1.22. The molecular formula is C32H46N2O3Pt. The van der Waals surface area contributed by atoms with E-state index in [9.17, 15) is 10.2 Å². The number of aromatic hydroxyl groups is 2. The Bertz CT molecular complexity index is 1010. The average molecular weight is 702 g/mol. The second-order valence-electron chi connectivity index (χ2n) is 10.4. The van der Waals surface area contributed by atoms with Crippen molar-refractivity contribution in [2.75, 3.05) is 6.61 Å². The Morgan fingerprint density at radius 2 is 1.29 bits per heavy atom. The fourth-order valence-corrected chi connectivity index (χ4v) is 4.90. The molecule has 2 N–H and O–H groups in total. The zero-order valence-electron chi connectivity index (χ0n) is 23.2. The molecule has 6 heteroatoms. The summed E-state index contributed by atoms with van der Waals surface area (Å²) in [6.07, 6.45) is 19.3. The van der Waals surface area contributed by atoms with Crippen LogP contribution < -0.4 is 4.74 Å². The number of hydrogen-bond acceptors (Lipinski definition) is 5. The van der Waals surface area contributed by atoms with Crippen LogP contribution in [0.15, 0.2) is 46.4 Å². The van der Waals surface area contributed by atoms with Crippen LogP contribution >= 0.6 is 0 Å². The fourth-order valence-electron chi connectivity index (χ4n) is 4.90. The van der Waals surface area contributed by atoms with Crippen molar-refractivity contribution in [3.63, 3.8) is 0 Å². The van der Waals surface area contributed by atoms with Gasteiger partial charge >= 0.3 is 0 Å². The summed E-state index contributed by atoms with van der Waals surface area (Å²) >= 11 is 0. The van der Waals surface area contributed by atoms with Gasteiger partial charge in [0.05, 0.1) is 18.7 Å². The molecule has 0 bridgehead atoms. The minimum atomic E-state index is 0. The van der Waals surface area contributed by atoms with Crippen molar-refractivity contribution in [3.05, 3.63) is 53.1 Å². The van der Waals surface area contributed by atoms with Crippen LogP contribution in [0.1, 0.15) is 107 Å². The molecule has 212 valence electrons. The van der Waals surface area contributed by atoms with Gasteiger partial charge < -0.3 is 14.9 Å². The van der Waals surface area contributed by atoms with E-state index in [0.29, 0.717) is 12.2 Å². The number of unbranched alkanes of at least 4 members (excludes halogenated alkanes) is 8. The first-order chi connectivity index (χ1) is 18.1. The molecule has 2 aromatic rings. The minimum absolute atomic E-state index is 0. The normalized spacial score (nSPS) is 17.6. The molecule has 0 spiro atoms. The minimum Gasteiger partial charge on any atom is -0.507 e. The molecule has 0 radical (unpaired) electrons. The van der Waals surface area contributed by atoms with Gasteiger partial charge in [0.15, 0.2) is 0 Å². The molecule has 0 amide bonds. The zero-order valence-corrected chi connectivity index (χ0v) is 25.5. The Labute approximate surface area is 244 Å². The molecule has 0 aliphatic heterocycles. The van der Waals surface area contributed by atoms with Crippen molar-refractivity contribution in [2.45, 2.75) is 109 Å². The summed E-state index contributed by atoms with van der Waals surface area (Å²) in [4.78, 5) is 9.62. The molecule has 2 aromatic carbocycles. The van der Waals surface area contributed by atoms with Crippen molar-refractivity contribution in [2.24, 2.45) is 9.98 Å². The Balaban J connectivity index is 0.00000507. The zero-order chi connectivity index (χ0) is 26.3. The molecule has 1 aliphatic carbocycles. The summed E-state index contributed by atoms with van der Waals surface area (Å²) in [5, 5.41) is 20.5. The Morgan fingerprint density at radius 3 is 1.89 bits per heavy atom. The van der Waals surface area contributed by atoms with Crippen LogP contribution in [0.3, 0.4) is 0 Å². The summed E-state index contributed by atoms with van der Waals surface area (Å²) in [7, 11) is 0. The smallest absolute Gasteiger partial charge is 0.124 e. The Hall–Kier alpha value is -2.13. The Kier molecular flexibility index (Phi) is 15.4. The van der Waals surface area contributed by atoms with Gasteiger partial charge in [-0.3, -0.25) is 9.98 Å². The molecule has 0 aromatic heterocycles. The van der Waals surface area contributed by atoms with E-state index in [2.05, 4.69) is 6.92 Å². The summed E-state index contributed by atoms with van der Waals surface area (Å²) in [6.45, 7) is 4.96. The quantitative estimate of drug-likeness (QED) is 0.145. The standard InChI is InChI=1S/C32H46N2O3.Pt/c1-3-4-5-6-7-8-9-10-13-20-37-28-17-19-32(36)27(22-28)24-34-30-15-12-11-14-29(30)33-23-26-21-25(2)16-18-31(26)35;/h16-19,21-24,29-30,35-36H,3-15,20H2,1-2H3;/t29-,30-;/m1./s1. The number of phenolic OH excluding ortho intramolecular Hbond substituents is 2. The average Bonchev–Trinajstić information content (AvgIpc) is 2.91. The van der Waals surface area contributed by atoms with Gasteiger partial charge in [0.1, 0.15) is 17.2 Å². The number of phenols is 2. The van der Waals surface area contributed by atoms with Crippen LogP contribution in [-0.2, 0) is 21.1 Å². The van der Waals surface area contributed by atoms with Gasteiger partial charge in [0, 0.05) is 44.6 Å². The Morgan fingerprint density at radius 1 is 0.763 bits per heavy atom. The van der Waals surface area contributed by atoms with Gasteiger partial charge in [-0.1, -0.05) is 82.8 Å². The van der Waals surface area contributed by atoms with E-state index in [0.717, 1.165) is 49.0 Å². The molecular weight excluding hydrogens is 655 g/mol. The van der Waals surface area contributed by atoms with Crippen LogP contribution in [0.5, 0.6) is 17.2 Å². The predicted molar refractivity (Wildman–Crippen MR) is 155 cm³/mol. The first-order valence-corrected chi connectivity index (χ1v) is 14.4. The van der Waals surface area contributed by atoms with E-state index in [-0.39, 0.29) is 44.6 Å². The second-order valence-corrected chi connectivity index (χ2v) is 10.4. The maximum atomic E-state index is 10.4. The maximum absolute atomic E-state index is 10.4. The van der Waals surface area contributed by atoms with Gasteiger partial charge in [-0.25, -0.2) is 0 Å². The van der Waals surface area contributed by atoms with Gasteiger partial charge in [0.2, 0.25) is 0 Å². The third kappa shape index (κ3) is 11.3. The van der Waals surface area contributed by atoms with Crippen molar-refractivity contribution in [1.29, 1.82) is 0 Å². The fraction of sp³-hybridized carbons (Fsp3) is 0.562. The second kappa shape index (κ2) is 18.2. The SMILES string of the molecule is CCCCCCCCCCCOc1ccc(O)c(C=N[C@@H]2CCCC[C@H]2N=Cc2cc(C)ccc2O)c1.[Pt]. The van der Waals surface area contributed by atoms with E-state index in [1.807, 2.05) is 31.2 Å². The molecule has 38 heavy (non-hydrogen) atoms. The number of nitrogens with zero attached hydrogens (tertiary/aromatic N) is 2. The number of ether oxygens (including phenoxy) is 1. The first kappa shape index (κ1) is 32.1. The molecule has 2 atom stereocenters. The van der Waals surface area contributed by atoms with Crippen LogP contribution in [0.2, 0.25) is 0 Å². The number of hydrogen-bond donors (Lipinski definition) is 2. The van der Waals surface area contributed by atoms with E-state index >= 15 is 0 Å². The van der Waals surface area contributed by atoms with E-state index in [1.54, 1.807) is 24.6 Å². The maximum Gasteiger partial charge on any atom is 0.124 e. The van der Waals surface area contributed by atoms with E-state index in [1.165, 1.54) is 51.4 Å². The first-order valence-electron chi connectivity index (χ1n) is 14.4. The molecule has 3 rings (SSSR count).